The van der Waals surface area contributed by atoms with Crippen LogP contribution < -0.4 is 5.73 Å². The van der Waals surface area contributed by atoms with Gasteiger partial charge in [-0.05, 0) is 6.42 Å². The Hall–Kier alpha value is -1.73. The molecule has 0 aliphatic rings. The summed E-state index contributed by atoms with van der Waals surface area (Å²) in [6.45, 7) is 0. The van der Waals surface area contributed by atoms with Crippen LogP contribution >= 0.6 is 0 Å². The van der Waals surface area contributed by atoms with Gasteiger partial charge in [0.15, 0.2) is 0 Å². The first kappa shape index (κ1) is 21.3. The van der Waals surface area contributed by atoms with Gasteiger partial charge in [-0.2, -0.15) is 39.5 Å². The molecule has 1 atom stereocenters. The van der Waals surface area contributed by atoms with E-state index in [-0.39, 0.29) is 0 Å². The lowest BCUT2D eigenvalue weighted by Crippen LogP contribution is -2.69. The number of carbonyl (C=O) groups is 2. The highest BCUT2D eigenvalue weighted by molar-refractivity contribution is 5.77. The Morgan fingerprint density at radius 2 is 1.26 bits per heavy atom. The van der Waals surface area contributed by atoms with E-state index in [1.54, 1.807) is 0 Å². The van der Waals surface area contributed by atoms with Gasteiger partial charge in [0, 0.05) is 6.42 Å². The van der Waals surface area contributed by atoms with Crippen molar-refractivity contribution in [3.05, 3.63) is 0 Å². The van der Waals surface area contributed by atoms with E-state index in [1.165, 1.54) is 0 Å². The molecule has 0 aliphatic carbocycles. The molecule has 0 unspecified atom stereocenters. The molecule has 0 aromatic heterocycles. The van der Waals surface area contributed by atoms with E-state index >= 15 is 0 Å². The van der Waals surface area contributed by atoms with E-state index in [1.807, 2.05) is 0 Å². The van der Waals surface area contributed by atoms with Crippen molar-refractivity contribution in [2.75, 3.05) is 0 Å². The highest BCUT2D eigenvalue weighted by atomic mass is 19.4. The van der Waals surface area contributed by atoms with Gasteiger partial charge in [-0.15, -0.1) is 0 Å². The zero-order chi connectivity index (χ0) is 18.9. The highest BCUT2D eigenvalue weighted by Crippen LogP contribution is 2.55. The summed E-state index contributed by atoms with van der Waals surface area (Å²) in [6, 6.07) is -2.43. The molecule has 136 valence electrons. The van der Waals surface area contributed by atoms with Crippen LogP contribution in [0.5, 0.6) is 0 Å². The molecule has 0 aromatic carbocycles. The monoisotopic (exact) mass is 365 g/mol. The minimum atomic E-state index is -7.08. The number of hydrogen-bond donors (Lipinski definition) is 2. The number of rotatable bonds is 5. The molecule has 5 nitrogen and oxygen atoms in total. The maximum absolute atomic E-state index is 12.5. The van der Waals surface area contributed by atoms with Crippen LogP contribution in [0.2, 0.25) is 0 Å². The zero-order valence-corrected chi connectivity index (χ0v) is 10.6. The van der Waals surface area contributed by atoms with Crippen molar-refractivity contribution in [1.82, 2.24) is 0 Å². The average molecular weight is 365 g/mol. The number of carboxylic acid groups (broad SMARTS) is 1. The molecule has 3 N–H and O–H groups in total. The van der Waals surface area contributed by atoms with Crippen molar-refractivity contribution in [2.24, 2.45) is 5.73 Å². The SMILES string of the molecule is N[C@@H](CCC(=O)O)C(=O)OC(C(F)(F)F)(C(F)(F)F)C(F)(F)F. The Morgan fingerprint density at radius 3 is 1.52 bits per heavy atom. The molecule has 0 rings (SSSR count). The molecule has 0 radical (unpaired) electrons. The topological polar surface area (TPSA) is 89.6 Å². The van der Waals surface area contributed by atoms with E-state index in [4.69, 9.17) is 10.8 Å². The van der Waals surface area contributed by atoms with Crippen LogP contribution in [0.4, 0.5) is 39.5 Å². The first-order valence-corrected chi connectivity index (χ1v) is 5.37. The van der Waals surface area contributed by atoms with Gasteiger partial charge in [-0.1, -0.05) is 0 Å². The first-order chi connectivity index (χ1) is 9.97. The number of carboxylic acids is 1. The highest BCUT2D eigenvalue weighted by Gasteiger charge is 2.87. The Balaban J connectivity index is 5.75. The fourth-order valence-electron chi connectivity index (χ4n) is 1.28. The van der Waals surface area contributed by atoms with E-state index in [2.05, 4.69) is 4.74 Å². The van der Waals surface area contributed by atoms with Gasteiger partial charge in [0.05, 0.1) is 0 Å². The van der Waals surface area contributed by atoms with Crippen LogP contribution in [0.3, 0.4) is 0 Å². The molecule has 0 saturated heterocycles. The number of halogens is 9. The molecular formula is C9H8F9NO4. The number of nitrogens with two attached hydrogens (primary N) is 1. The predicted molar refractivity (Wildman–Crippen MR) is 51.8 cm³/mol. The zero-order valence-electron chi connectivity index (χ0n) is 10.6. The summed E-state index contributed by atoms with van der Waals surface area (Å²) >= 11 is 0. The molecular weight excluding hydrogens is 357 g/mol. The summed E-state index contributed by atoms with van der Waals surface area (Å²) in [5.41, 5.74) is -2.01. The average Bonchev–Trinajstić information content (AvgIpc) is 2.27. The van der Waals surface area contributed by atoms with Crippen molar-refractivity contribution in [3.8, 4) is 0 Å². The molecule has 0 saturated carbocycles. The normalized spacial score (nSPS) is 15.2. The van der Waals surface area contributed by atoms with Crippen LogP contribution in [0, 0.1) is 0 Å². The smallest absolute Gasteiger partial charge is 0.447 e. The number of esters is 1. The third-order valence-electron chi connectivity index (χ3n) is 2.42. The summed E-state index contributed by atoms with van der Waals surface area (Å²) in [5, 5.41) is 8.22. The predicted octanol–water partition coefficient (Wildman–Crippen LogP) is 2.15. The fourth-order valence-corrected chi connectivity index (χ4v) is 1.28. The largest absolute Gasteiger partial charge is 0.481 e. The standard InChI is InChI=1S/C9H8F9NO4/c10-7(11,12)6(8(13,14)15,9(16,17)18)23-5(22)3(19)1-2-4(20)21/h3H,1-2,19H2,(H,20,21)/t3-/m0/s1. The summed E-state index contributed by atoms with van der Waals surface area (Å²) in [7, 11) is 0. The third kappa shape index (κ3) is 4.39. The minimum Gasteiger partial charge on any atom is -0.481 e. The summed E-state index contributed by atoms with van der Waals surface area (Å²) in [4.78, 5) is 21.2. The molecule has 0 amide bonds. The van der Waals surface area contributed by atoms with Gasteiger partial charge in [0.1, 0.15) is 6.04 Å². The summed E-state index contributed by atoms with van der Waals surface area (Å²) in [5.74, 6) is -4.33. The number of hydrogen-bond acceptors (Lipinski definition) is 4. The third-order valence-corrected chi connectivity index (χ3v) is 2.42. The molecule has 0 aliphatic heterocycles. The van der Waals surface area contributed by atoms with Crippen LogP contribution in [0.1, 0.15) is 12.8 Å². The van der Waals surface area contributed by atoms with Crippen molar-refractivity contribution in [1.29, 1.82) is 0 Å². The number of ether oxygens (including phenoxy) is 1. The fraction of sp³-hybridized carbons (Fsp3) is 0.778. The van der Waals surface area contributed by atoms with E-state index < -0.39 is 55.0 Å². The maximum atomic E-state index is 12.5. The van der Waals surface area contributed by atoms with Gasteiger partial charge in [0.2, 0.25) is 0 Å². The molecule has 0 aromatic rings. The lowest BCUT2D eigenvalue weighted by molar-refractivity contribution is -0.446. The number of carbonyl (C=O) groups excluding carboxylic acids is 1. The molecule has 0 spiro atoms. The van der Waals surface area contributed by atoms with E-state index in [0.717, 1.165) is 0 Å². The lowest BCUT2D eigenvalue weighted by atomic mass is 10.0. The Morgan fingerprint density at radius 1 is 0.913 bits per heavy atom. The summed E-state index contributed by atoms with van der Waals surface area (Å²) < 4.78 is 115. The van der Waals surface area contributed by atoms with Crippen molar-refractivity contribution in [3.63, 3.8) is 0 Å². The maximum Gasteiger partial charge on any atom is 0.447 e. The Labute approximate surface area is 121 Å². The molecule has 0 heterocycles. The molecule has 23 heavy (non-hydrogen) atoms. The van der Waals surface area contributed by atoms with Crippen LogP contribution in [-0.4, -0.2) is 47.2 Å². The molecule has 0 fully saturated rings. The Kier molecular flexibility index (Phi) is 5.93. The minimum absolute atomic E-state index is 0.993. The van der Waals surface area contributed by atoms with Gasteiger partial charge in [-0.25, -0.2) is 0 Å². The first-order valence-electron chi connectivity index (χ1n) is 5.37. The Bertz CT molecular complexity index is 417. The van der Waals surface area contributed by atoms with Crippen molar-refractivity contribution in [2.45, 2.75) is 43.0 Å². The summed E-state index contributed by atoms with van der Waals surface area (Å²) in [6.07, 6.45) is -23.3. The van der Waals surface area contributed by atoms with Gasteiger partial charge in [-0.3, -0.25) is 9.59 Å². The van der Waals surface area contributed by atoms with Gasteiger partial charge >= 0.3 is 36.1 Å². The van der Waals surface area contributed by atoms with Crippen molar-refractivity contribution >= 4 is 11.9 Å². The number of alkyl halides is 9. The van der Waals surface area contributed by atoms with Crippen LogP contribution in [0.25, 0.3) is 0 Å². The van der Waals surface area contributed by atoms with Gasteiger partial charge in [0.25, 0.3) is 0 Å². The van der Waals surface area contributed by atoms with Crippen molar-refractivity contribution < 1.29 is 58.9 Å². The second kappa shape index (κ2) is 6.41. The lowest BCUT2D eigenvalue weighted by Gasteiger charge is -2.37. The second-order valence-corrected chi connectivity index (χ2v) is 4.13. The molecule has 0 bridgehead atoms. The van der Waals surface area contributed by atoms with Gasteiger partial charge < -0.3 is 15.6 Å². The molecule has 14 heteroatoms. The second-order valence-electron chi connectivity index (χ2n) is 4.13. The quantitative estimate of drug-likeness (QED) is 0.576. The van der Waals surface area contributed by atoms with E-state index in [0.29, 0.717) is 0 Å². The van der Waals surface area contributed by atoms with E-state index in [9.17, 15) is 49.1 Å². The van der Waals surface area contributed by atoms with Crippen LogP contribution in [0.15, 0.2) is 0 Å². The number of aliphatic carboxylic acids is 1. The van der Waals surface area contributed by atoms with Crippen LogP contribution in [-0.2, 0) is 14.3 Å².